The van der Waals surface area contributed by atoms with Gasteiger partial charge in [-0.25, -0.2) is 17.6 Å². The summed E-state index contributed by atoms with van der Waals surface area (Å²) in [6.07, 6.45) is 1.74. The van der Waals surface area contributed by atoms with Gasteiger partial charge < -0.3 is 4.90 Å². The van der Waals surface area contributed by atoms with Crippen LogP contribution in [0, 0.1) is 23.3 Å². The van der Waals surface area contributed by atoms with Crippen LogP contribution in [0.5, 0.6) is 0 Å². The molecule has 246 valence electrons. The molecule has 0 N–H and O–H groups in total. The van der Waals surface area contributed by atoms with Crippen molar-refractivity contribution in [2.24, 2.45) is 0 Å². The average Bonchev–Trinajstić information content (AvgIpc) is 3.15. The third-order valence-corrected chi connectivity index (χ3v) is 8.93. The number of benzene rings is 7. The molecular weight excluding hydrogens is 645 g/mol. The van der Waals surface area contributed by atoms with E-state index in [4.69, 9.17) is 4.98 Å². The first kappa shape index (κ1) is 31.7. The minimum atomic E-state index is -0.690. The van der Waals surface area contributed by atoms with Crippen molar-refractivity contribution in [1.82, 2.24) is 4.98 Å². The summed E-state index contributed by atoms with van der Waals surface area (Å²) >= 11 is 0. The quantitative estimate of drug-likeness (QED) is 0.157. The second-order valence-corrected chi connectivity index (χ2v) is 12.2. The zero-order chi connectivity index (χ0) is 34.9. The van der Waals surface area contributed by atoms with Crippen LogP contribution in [0.25, 0.3) is 55.4 Å². The van der Waals surface area contributed by atoms with Gasteiger partial charge in [0.05, 0.1) is 28.5 Å². The highest BCUT2D eigenvalue weighted by Gasteiger charge is 2.20. The maximum atomic E-state index is 15.0. The van der Waals surface area contributed by atoms with E-state index in [9.17, 15) is 0 Å². The van der Waals surface area contributed by atoms with Crippen molar-refractivity contribution in [3.05, 3.63) is 193 Å². The Balaban J connectivity index is 1.36. The minimum absolute atomic E-state index is 0.155. The third-order valence-electron chi connectivity index (χ3n) is 8.93. The van der Waals surface area contributed by atoms with Crippen molar-refractivity contribution < 1.29 is 17.6 Å². The first-order chi connectivity index (χ1) is 24.9. The van der Waals surface area contributed by atoms with E-state index in [-0.39, 0.29) is 11.1 Å². The summed E-state index contributed by atoms with van der Waals surface area (Å²) in [7, 11) is 0. The molecule has 1 aromatic heterocycles. The molecule has 2 nitrogen and oxygen atoms in total. The highest BCUT2D eigenvalue weighted by Crippen LogP contribution is 2.42. The zero-order valence-electron chi connectivity index (χ0n) is 27.1. The molecule has 8 aromatic rings. The summed E-state index contributed by atoms with van der Waals surface area (Å²) in [5.74, 6) is -2.76. The molecular formula is C45H28F4N2. The normalized spacial score (nSPS) is 11.1. The molecule has 1 heterocycles. The number of pyridine rings is 1. The fourth-order valence-electron chi connectivity index (χ4n) is 6.59. The lowest BCUT2D eigenvalue weighted by Gasteiger charge is -2.27. The van der Waals surface area contributed by atoms with E-state index in [2.05, 4.69) is 24.3 Å². The fraction of sp³-hybridized carbons (Fsp3) is 0. The van der Waals surface area contributed by atoms with Crippen molar-refractivity contribution in [2.45, 2.75) is 0 Å². The Morgan fingerprint density at radius 3 is 1.37 bits per heavy atom. The monoisotopic (exact) mass is 672 g/mol. The van der Waals surface area contributed by atoms with E-state index in [1.54, 1.807) is 42.6 Å². The lowest BCUT2D eigenvalue weighted by Crippen LogP contribution is -2.11. The summed E-state index contributed by atoms with van der Waals surface area (Å²) < 4.78 is 60.1. The van der Waals surface area contributed by atoms with Gasteiger partial charge >= 0.3 is 0 Å². The Kier molecular flexibility index (Phi) is 8.34. The van der Waals surface area contributed by atoms with Crippen molar-refractivity contribution in [2.75, 3.05) is 4.90 Å². The van der Waals surface area contributed by atoms with E-state index in [0.717, 1.165) is 33.2 Å². The molecule has 0 saturated carbocycles. The topological polar surface area (TPSA) is 16.1 Å². The van der Waals surface area contributed by atoms with Crippen molar-refractivity contribution in [3.8, 4) is 44.5 Å². The summed E-state index contributed by atoms with van der Waals surface area (Å²) in [5, 5.41) is 0.852. The second-order valence-electron chi connectivity index (χ2n) is 12.2. The molecule has 0 fully saturated rings. The highest BCUT2D eigenvalue weighted by molar-refractivity contribution is 5.99. The van der Waals surface area contributed by atoms with Gasteiger partial charge in [-0.15, -0.1) is 0 Å². The number of fused-ring (bicyclic) bond motifs is 1. The molecule has 0 saturated heterocycles. The van der Waals surface area contributed by atoms with Gasteiger partial charge in [-0.2, -0.15) is 0 Å². The van der Waals surface area contributed by atoms with Crippen LogP contribution in [0.3, 0.4) is 0 Å². The van der Waals surface area contributed by atoms with Gasteiger partial charge in [0.2, 0.25) is 0 Å². The number of rotatable bonds is 7. The number of hydrogen-bond donors (Lipinski definition) is 0. The number of aromatic nitrogens is 1. The van der Waals surface area contributed by atoms with Crippen LogP contribution in [-0.4, -0.2) is 4.98 Å². The average molecular weight is 673 g/mol. The van der Waals surface area contributed by atoms with Crippen molar-refractivity contribution in [3.63, 3.8) is 0 Å². The van der Waals surface area contributed by atoms with Crippen molar-refractivity contribution >= 4 is 28.0 Å². The molecule has 0 aliphatic rings. The van der Waals surface area contributed by atoms with E-state index in [1.165, 1.54) is 36.4 Å². The SMILES string of the molecule is Fc1cccc(F)c1-c1cccc(N(c2cccc(-c3c(F)cccc3F)c2)c2cnc3c(-c4ccccc4)cc(-c4ccccc4)cc3c2)c1. The van der Waals surface area contributed by atoms with Gasteiger partial charge in [0.25, 0.3) is 0 Å². The lowest BCUT2D eigenvalue weighted by molar-refractivity contribution is 0.589. The molecule has 0 radical (unpaired) electrons. The molecule has 7 aromatic carbocycles. The van der Waals surface area contributed by atoms with Gasteiger partial charge in [-0.05, 0) is 94.5 Å². The van der Waals surface area contributed by atoms with Gasteiger partial charge in [0.15, 0.2) is 0 Å². The molecule has 51 heavy (non-hydrogen) atoms. The first-order valence-electron chi connectivity index (χ1n) is 16.4. The molecule has 0 aliphatic heterocycles. The largest absolute Gasteiger partial charge is 0.309 e. The number of nitrogens with zero attached hydrogens (tertiary/aromatic N) is 2. The Labute approximate surface area is 292 Å². The summed E-state index contributed by atoms with van der Waals surface area (Å²) in [6.45, 7) is 0. The Morgan fingerprint density at radius 2 is 0.843 bits per heavy atom. The van der Waals surface area contributed by atoms with Crippen molar-refractivity contribution in [1.29, 1.82) is 0 Å². The lowest BCUT2D eigenvalue weighted by atomic mass is 9.95. The standard InChI is InChI=1S/C45H28F4N2/c46-39-19-9-20-40(47)43(39)31-15-7-17-35(24-31)51(36-18-8-16-32(25-36)44-41(48)21-10-22-42(44)49)37-26-34-23-33(29-11-3-1-4-12-29)27-38(45(34)50-28-37)30-13-5-2-6-14-30/h1-28H. The van der Waals surface area contributed by atoms with Gasteiger partial charge in [-0.1, -0.05) is 97.1 Å². The number of anilines is 3. The summed E-state index contributed by atoms with van der Waals surface area (Å²) in [5.41, 5.74) is 6.89. The second kappa shape index (κ2) is 13.4. The third kappa shape index (κ3) is 6.13. The van der Waals surface area contributed by atoms with Gasteiger partial charge in [-0.3, -0.25) is 4.98 Å². The van der Waals surface area contributed by atoms with Crippen LogP contribution in [-0.2, 0) is 0 Å². The molecule has 0 aliphatic carbocycles. The number of hydrogen-bond acceptors (Lipinski definition) is 2. The van der Waals surface area contributed by atoms with E-state index < -0.39 is 23.3 Å². The van der Waals surface area contributed by atoms with Crippen LogP contribution in [0.4, 0.5) is 34.6 Å². The van der Waals surface area contributed by atoms with Crippen LogP contribution < -0.4 is 4.90 Å². The molecule has 0 bridgehead atoms. The molecule has 0 amide bonds. The van der Waals surface area contributed by atoms with E-state index in [0.29, 0.717) is 28.2 Å². The van der Waals surface area contributed by atoms with E-state index >= 15 is 17.6 Å². The van der Waals surface area contributed by atoms with Gasteiger partial charge in [0, 0.05) is 22.3 Å². The predicted molar refractivity (Wildman–Crippen MR) is 198 cm³/mol. The van der Waals surface area contributed by atoms with Crippen LogP contribution in [0.1, 0.15) is 0 Å². The van der Waals surface area contributed by atoms with Gasteiger partial charge in [0.1, 0.15) is 23.3 Å². The Morgan fingerprint density at radius 1 is 0.373 bits per heavy atom. The zero-order valence-corrected chi connectivity index (χ0v) is 27.1. The molecule has 0 spiro atoms. The minimum Gasteiger partial charge on any atom is -0.309 e. The van der Waals surface area contributed by atoms with Crippen LogP contribution >= 0.6 is 0 Å². The fourth-order valence-corrected chi connectivity index (χ4v) is 6.59. The highest BCUT2D eigenvalue weighted by atomic mass is 19.1. The first-order valence-corrected chi connectivity index (χ1v) is 16.4. The van der Waals surface area contributed by atoms with Crippen LogP contribution in [0.2, 0.25) is 0 Å². The summed E-state index contributed by atoms with van der Waals surface area (Å²) in [6, 6.07) is 47.6. The van der Waals surface area contributed by atoms with Crippen LogP contribution in [0.15, 0.2) is 170 Å². The molecule has 0 unspecified atom stereocenters. The van der Waals surface area contributed by atoms with E-state index in [1.807, 2.05) is 71.6 Å². The maximum absolute atomic E-state index is 15.0. The Hall–Kier alpha value is -6.53. The molecule has 6 heteroatoms. The Bertz CT molecular complexity index is 2400. The smallest absolute Gasteiger partial charge is 0.133 e. The predicted octanol–water partition coefficient (Wildman–Crippen LogP) is 12.9. The molecule has 8 rings (SSSR count). The maximum Gasteiger partial charge on any atom is 0.133 e. The number of halogens is 4. The summed E-state index contributed by atoms with van der Waals surface area (Å²) in [4.78, 5) is 6.87. The molecule has 0 atom stereocenters.